The summed E-state index contributed by atoms with van der Waals surface area (Å²) in [5.41, 5.74) is -0.813. The second-order valence-electron chi connectivity index (χ2n) is 12.5. The molecule has 6 heteroatoms. The highest BCUT2D eigenvalue weighted by Gasteiger charge is 2.63. The molecule has 32 heavy (non-hydrogen) atoms. The van der Waals surface area contributed by atoms with Crippen molar-refractivity contribution in [3.05, 3.63) is 11.9 Å². The van der Waals surface area contributed by atoms with Crippen molar-refractivity contribution in [2.45, 2.75) is 108 Å². The number of alkyl halides is 1. The first-order chi connectivity index (χ1) is 15.2. The fourth-order valence-corrected chi connectivity index (χ4v) is 8.71. The van der Waals surface area contributed by atoms with Crippen molar-refractivity contribution in [2.24, 2.45) is 35.0 Å². The van der Waals surface area contributed by atoms with Crippen LogP contribution in [-0.4, -0.2) is 37.2 Å². The number of rotatable bonds is 4. The number of aromatic nitrogens is 3. The highest BCUT2D eigenvalue weighted by Crippen LogP contribution is 2.66. The second-order valence-corrected chi connectivity index (χ2v) is 12.5. The molecule has 1 heterocycles. The van der Waals surface area contributed by atoms with Crippen LogP contribution in [0.4, 0.5) is 4.39 Å². The van der Waals surface area contributed by atoms with Gasteiger partial charge in [-0.1, -0.05) is 6.92 Å². The van der Waals surface area contributed by atoms with E-state index in [4.69, 9.17) is 0 Å². The van der Waals surface area contributed by atoms with Crippen LogP contribution in [0.1, 0.15) is 96.1 Å². The first kappa shape index (κ1) is 21.2. The SMILES string of the molecule is C[C@@]1(O)CC[C@]2(F)C3CC[C@@]4(C)C(CC[C@@H]4C(=O)Cn4ncc(C5CC5)n4)[C@@H]3CC[C@@H]2C1. The average molecular weight is 444 g/mol. The maximum Gasteiger partial charge on any atom is 0.159 e. The molecule has 0 saturated heterocycles. The lowest BCUT2D eigenvalue weighted by Crippen LogP contribution is -2.58. The Kier molecular flexibility index (Phi) is 4.71. The molecule has 5 aliphatic rings. The van der Waals surface area contributed by atoms with Crippen LogP contribution in [0, 0.1) is 35.0 Å². The van der Waals surface area contributed by atoms with E-state index in [1.165, 1.54) is 12.8 Å². The number of hydrogen-bond acceptors (Lipinski definition) is 4. The lowest BCUT2D eigenvalue weighted by molar-refractivity contribution is -0.166. The van der Waals surface area contributed by atoms with Crippen LogP contribution < -0.4 is 0 Å². The summed E-state index contributed by atoms with van der Waals surface area (Å²) in [6.45, 7) is 4.47. The van der Waals surface area contributed by atoms with E-state index in [1.54, 1.807) is 4.80 Å². The molecule has 2 unspecified atom stereocenters. The highest BCUT2D eigenvalue weighted by molar-refractivity contribution is 5.82. The minimum atomic E-state index is -1.12. The monoisotopic (exact) mass is 443 g/mol. The molecule has 6 rings (SSSR count). The van der Waals surface area contributed by atoms with E-state index in [0.29, 0.717) is 37.0 Å². The molecular weight excluding hydrogens is 405 g/mol. The lowest BCUT2D eigenvalue weighted by Gasteiger charge is -2.59. The maximum absolute atomic E-state index is 16.5. The molecule has 8 atom stereocenters. The smallest absolute Gasteiger partial charge is 0.159 e. The number of halogens is 1. The third-order valence-electron chi connectivity index (χ3n) is 10.5. The quantitative estimate of drug-likeness (QED) is 0.723. The molecule has 0 aromatic carbocycles. The Bertz CT molecular complexity index is 911. The summed E-state index contributed by atoms with van der Waals surface area (Å²) in [5, 5.41) is 19.5. The summed E-state index contributed by atoms with van der Waals surface area (Å²) in [6, 6.07) is 0. The molecule has 0 amide bonds. The fraction of sp³-hybridized carbons (Fsp3) is 0.885. The molecule has 5 aliphatic carbocycles. The Balaban J connectivity index is 1.18. The van der Waals surface area contributed by atoms with Gasteiger partial charge in [-0.05, 0) is 107 Å². The lowest BCUT2D eigenvalue weighted by atomic mass is 9.48. The molecule has 1 aromatic rings. The zero-order valence-electron chi connectivity index (χ0n) is 19.6. The molecule has 5 saturated carbocycles. The Morgan fingerprint density at radius 3 is 2.69 bits per heavy atom. The van der Waals surface area contributed by atoms with E-state index in [1.807, 2.05) is 13.1 Å². The van der Waals surface area contributed by atoms with Crippen LogP contribution in [0.5, 0.6) is 0 Å². The highest BCUT2D eigenvalue weighted by atomic mass is 19.1. The van der Waals surface area contributed by atoms with Gasteiger partial charge in [-0.2, -0.15) is 15.0 Å². The van der Waals surface area contributed by atoms with Crippen molar-refractivity contribution in [2.75, 3.05) is 0 Å². The van der Waals surface area contributed by atoms with Gasteiger partial charge in [0.2, 0.25) is 0 Å². The summed E-state index contributed by atoms with van der Waals surface area (Å²) in [6.07, 6.45) is 11.7. The predicted octanol–water partition coefficient (Wildman–Crippen LogP) is 4.84. The van der Waals surface area contributed by atoms with Crippen LogP contribution in [0.15, 0.2) is 6.20 Å². The Hall–Kier alpha value is -1.30. The van der Waals surface area contributed by atoms with Crippen molar-refractivity contribution in [3.8, 4) is 0 Å². The molecule has 0 spiro atoms. The number of fused-ring (bicyclic) bond motifs is 5. The molecular formula is C26H38FN3O2. The number of hydrogen-bond donors (Lipinski definition) is 1. The third kappa shape index (κ3) is 3.22. The average Bonchev–Trinajstić information content (AvgIpc) is 3.38. The van der Waals surface area contributed by atoms with E-state index < -0.39 is 11.3 Å². The molecule has 5 nitrogen and oxygen atoms in total. The van der Waals surface area contributed by atoms with E-state index >= 15 is 4.39 Å². The summed E-state index contributed by atoms with van der Waals surface area (Å²) in [4.78, 5) is 15.0. The van der Waals surface area contributed by atoms with Crippen LogP contribution in [0.3, 0.4) is 0 Å². The normalized spacial score (nSPS) is 48.1. The van der Waals surface area contributed by atoms with E-state index in [0.717, 1.165) is 44.2 Å². The van der Waals surface area contributed by atoms with E-state index in [9.17, 15) is 9.90 Å². The van der Waals surface area contributed by atoms with Crippen LogP contribution in [0.2, 0.25) is 0 Å². The van der Waals surface area contributed by atoms with Crippen molar-refractivity contribution < 1.29 is 14.3 Å². The van der Waals surface area contributed by atoms with E-state index in [2.05, 4.69) is 17.1 Å². The number of carbonyl (C=O) groups is 1. The molecule has 0 radical (unpaired) electrons. The van der Waals surface area contributed by atoms with Gasteiger partial charge in [0.25, 0.3) is 0 Å². The van der Waals surface area contributed by atoms with E-state index in [-0.39, 0.29) is 35.5 Å². The summed E-state index contributed by atoms with van der Waals surface area (Å²) < 4.78 is 16.5. The summed E-state index contributed by atoms with van der Waals surface area (Å²) in [7, 11) is 0. The minimum Gasteiger partial charge on any atom is -0.390 e. The zero-order valence-corrected chi connectivity index (χ0v) is 19.6. The van der Waals surface area contributed by atoms with Crippen LogP contribution in [-0.2, 0) is 11.3 Å². The summed E-state index contributed by atoms with van der Waals surface area (Å²) >= 11 is 0. The van der Waals surface area contributed by atoms with Gasteiger partial charge in [0.1, 0.15) is 12.2 Å². The first-order valence-corrected chi connectivity index (χ1v) is 13.0. The largest absolute Gasteiger partial charge is 0.390 e. The van der Waals surface area contributed by atoms with Crippen LogP contribution in [0.25, 0.3) is 0 Å². The summed E-state index contributed by atoms with van der Waals surface area (Å²) in [5.74, 6) is 1.81. The predicted molar refractivity (Wildman–Crippen MR) is 119 cm³/mol. The minimum absolute atomic E-state index is 0.00208. The first-order valence-electron chi connectivity index (χ1n) is 13.0. The van der Waals surface area contributed by atoms with Crippen molar-refractivity contribution in [1.82, 2.24) is 15.0 Å². The zero-order chi connectivity index (χ0) is 22.3. The van der Waals surface area contributed by atoms with Crippen molar-refractivity contribution in [3.63, 3.8) is 0 Å². The van der Waals surface area contributed by atoms with Crippen LogP contribution >= 0.6 is 0 Å². The van der Waals surface area contributed by atoms with Gasteiger partial charge in [-0.25, -0.2) is 4.39 Å². The standard InChI is InChI=1S/C26H38FN3O2/c1-24(32)11-12-26(27)17(13-24)5-6-18-19-7-8-21(25(19,2)10-9-20(18)26)23(31)15-30-28-14-22(29-30)16-3-4-16/h14,16-21,32H,3-13,15H2,1-2H3/t17-,18+,19?,20?,21-,24-,25+,26-/m1/s1. The number of aliphatic hydroxyl groups is 1. The van der Waals surface area contributed by atoms with Gasteiger partial charge in [0.05, 0.1) is 17.5 Å². The number of nitrogens with zero attached hydrogens (tertiary/aromatic N) is 3. The molecule has 0 bridgehead atoms. The number of ketones is 1. The van der Waals surface area contributed by atoms with Gasteiger partial charge in [0, 0.05) is 11.8 Å². The molecule has 0 aliphatic heterocycles. The van der Waals surface area contributed by atoms with Gasteiger partial charge >= 0.3 is 0 Å². The van der Waals surface area contributed by atoms with Crippen molar-refractivity contribution in [1.29, 1.82) is 0 Å². The fourth-order valence-electron chi connectivity index (χ4n) is 8.71. The molecule has 1 aromatic heterocycles. The number of Topliss-reactive ketones (excluding diaryl/α,β-unsaturated/α-hetero) is 1. The Morgan fingerprint density at radius 2 is 1.91 bits per heavy atom. The van der Waals surface area contributed by atoms with Crippen molar-refractivity contribution >= 4 is 5.78 Å². The Morgan fingerprint density at radius 1 is 1.09 bits per heavy atom. The van der Waals surface area contributed by atoms with Gasteiger partial charge < -0.3 is 5.11 Å². The molecule has 5 fully saturated rings. The van der Waals surface area contributed by atoms with Gasteiger partial charge in [-0.3, -0.25) is 4.79 Å². The topological polar surface area (TPSA) is 68.0 Å². The maximum atomic E-state index is 16.5. The Labute approximate surface area is 190 Å². The second kappa shape index (κ2) is 7.10. The number of carbonyl (C=O) groups excluding carboxylic acids is 1. The van der Waals surface area contributed by atoms with Gasteiger partial charge in [-0.15, -0.1) is 0 Å². The van der Waals surface area contributed by atoms with Gasteiger partial charge in [0.15, 0.2) is 5.78 Å². The molecule has 1 N–H and O–H groups in total. The third-order valence-corrected chi connectivity index (χ3v) is 10.5. The molecule has 176 valence electrons.